The molecule has 2 rings (SSSR count). The molecule has 8 nitrogen and oxygen atoms in total. The Bertz CT molecular complexity index is 736. The van der Waals surface area contributed by atoms with Crippen molar-refractivity contribution in [1.82, 2.24) is 15.1 Å². The fourth-order valence-electron chi connectivity index (χ4n) is 3.11. The molecule has 1 aromatic carbocycles. The van der Waals surface area contributed by atoms with Gasteiger partial charge in [-0.2, -0.15) is 0 Å². The molecule has 174 valence electrons. The summed E-state index contributed by atoms with van der Waals surface area (Å²) in [6, 6.07) is 7.80. The molecule has 1 fully saturated rings. The molecular formula is C22H36IN5O3. The molecule has 1 unspecified atom stereocenters. The molecule has 1 aliphatic heterocycles. The largest absolute Gasteiger partial charge is 0.450 e. The number of carbonyl (C=O) groups excluding carboxylic acids is 2. The first-order valence-electron chi connectivity index (χ1n) is 10.8. The van der Waals surface area contributed by atoms with Crippen LogP contribution in [0.4, 0.5) is 10.5 Å². The van der Waals surface area contributed by atoms with Crippen LogP contribution in [0.1, 0.15) is 39.7 Å². The first-order chi connectivity index (χ1) is 14.5. The van der Waals surface area contributed by atoms with Gasteiger partial charge >= 0.3 is 6.09 Å². The minimum absolute atomic E-state index is 0. The smallest absolute Gasteiger partial charge is 0.409 e. The number of halogens is 1. The van der Waals surface area contributed by atoms with E-state index in [0.717, 1.165) is 30.2 Å². The van der Waals surface area contributed by atoms with E-state index in [0.29, 0.717) is 39.3 Å². The van der Waals surface area contributed by atoms with Gasteiger partial charge < -0.3 is 25.2 Å². The number of benzene rings is 1. The van der Waals surface area contributed by atoms with Gasteiger partial charge in [0.2, 0.25) is 5.91 Å². The van der Waals surface area contributed by atoms with Gasteiger partial charge in [0.25, 0.3) is 0 Å². The number of guanidine groups is 1. The van der Waals surface area contributed by atoms with Crippen molar-refractivity contribution in [3.63, 3.8) is 0 Å². The van der Waals surface area contributed by atoms with Crippen molar-refractivity contribution >= 4 is 47.6 Å². The number of ether oxygens (including phenoxy) is 1. The summed E-state index contributed by atoms with van der Waals surface area (Å²) in [6.07, 6.45) is 0.556. The molecule has 31 heavy (non-hydrogen) atoms. The van der Waals surface area contributed by atoms with Crippen LogP contribution in [-0.4, -0.2) is 67.1 Å². The van der Waals surface area contributed by atoms with Crippen molar-refractivity contribution in [2.24, 2.45) is 10.9 Å². The Morgan fingerprint density at radius 2 is 1.81 bits per heavy atom. The van der Waals surface area contributed by atoms with Crippen LogP contribution in [0.3, 0.4) is 0 Å². The maximum atomic E-state index is 12.1. The highest BCUT2D eigenvalue weighted by Gasteiger charge is 2.23. The molecule has 0 aromatic heterocycles. The Hall–Kier alpha value is -2.04. The number of hydrogen-bond donors (Lipinski definition) is 2. The van der Waals surface area contributed by atoms with Gasteiger partial charge in [-0.05, 0) is 38.0 Å². The van der Waals surface area contributed by atoms with Crippen LogP contribution in [0.2, 0.25) is 0 Å². The maximum Gasteiger partial charge on any atom is 0.409 e. The second-order valence-electron chi connectivity index (χ2n) is 7.34. The van der Waals surface area contributed by atoms with E-state index in [2.05, 4.69) is 15.5 Å². The summed E-state index contributed by atoms with van der Waals surface area (Å²) in [4.78, 5) is 32.7. The van der Waals surface area contributed by atoms with E-state index in [1.807, 2.05) is 52.0 Å². The van der Waals surface area contributed by atoms with E-state index in [1.165, 1.54) is 0 Å². The molecule has 0 saturated carbocycles. The lowest BCUT2D eigenvalue weighted by atomic mass is 10.1. The number of nitrogens with zero attached hydrogens (tertiary/aromatic N) is 3. The Morgan fingerprint density at radius 3 is 2.42 bits per heavy atom. The number of hydrogen-bond acceptors (Lipinski definition) is 4. The van der Waals surface area contributed by atoms with E-state index >= 15 is 0 Å². The van der Waals surface area contributed by atoms with E-state index in [4.69, 9.17) is 9.73 Å². The SMILES string of the molecule is CCNC(=NCc1cccc(NC(=O)C(C)CC)c1)N1CCN(C(=O)OCC)CC1.I. The predicted octanol–water partition coefficient (Wildman–Crippen LogP) is 3.53. The van der Waals surface area contributed by atoms with Gasteiger partial charge in [0.05, 0.1) is 13.2 Å². The van der Waals surface area contributed by atoms with Gasteiger partial charge in [-0.15, -0.1) is 24.0 Å². The normalized spacial score (nSPS) is 15.0. The maximum absolute atomic E-state index is 12.1. The lowest BCUT2D eigenvalue weighted by Crippen LogP contribution is -2.53. The Morgan fingerprint density at radius 1 is 1.13 bits per heavy atom. The molecule has 1 heterocycles. The summed E-state index contributed by atoms with van der Waals surface area (Å²) < 4.78 is 5.08. The number of piperazine rings is 1. The Balaban J connectivity index is 0.00000480. The zero-order valence-electron chi connectivity index (χ0n) is 19.0. The molecule has 0 radical (unpaired) electrons. The van der Waals surface area contributed by atoms with Crippen LogP contribution in [-0.2, 0) is 16.1 Å². The van der Waals surface area contributed by atoms with Crippen LogP contribution >= 0.6 is 24.0 Å². The minimum Gasteiger partial charge on any atom is -0.450 e. The zero-order valence-corrected chi connectivity index (χ0v) is 21.3. The highest BCUT2D eigenvalue weighted by Crippen LogP contribution is 2.14. The third-order valence-corrected chi connectivity index (χ3v) is 5.11. The third kappa shape index (κ3) is 8.54. The van der Waals surface area contributed by atoms with Crippen LogP contribution in [0.5, 0.6) is 0 Å². The number of aliphatic imine (C=N–C) groups is 1. The number of rotatable bonds is 7. The molecule has 0 bridgehead atoms. The average Bonchev–Trinajstić information content (AvgIpc) is 2.76. The van der Waals surface area contributed by atoms with Gasteiger partial charge in [0, 0.05) is 44.3 Å². The fraction of sp³-hybridized carbons (Fsp3) is 0.591. The van der Waals surface area contributed by atoms with E-state index < -0.39 is 0 Å². The van der Waals surface area contributed by atoms with Crippen LogP contribution in [0.15, 0.2) is 29.3 Å². The molecule has 1 atom stereocenters. The van der Waals surface area contributed by atoms with Crippen LogP contribution in [0, 0.1) is 5.92 Å². The van der Waals surface area contributed by atoms with Gasteiger partial charge in [-0.3, -0.25) is 4.79 Å². The summed E-state index contributed by atoms with van der Waals surface area (Å²) in [5, 5.41) is 6.30. The zero-order chi connectivity index (χ0) is 21.9. The molecule has 1 aromatic rings. The molecular weight excluding hydrogens is 509 g/mol. The van der Waals surface area contributed by atoms with Gasteiger partial charge in [-0.25, -0.2) is 9.79 Å². The summed E-state index contributed by atoms with van der Waals surface area (Å²) in [5.41, 5.74) is 1.82. The first kappa shape index (κ1) is 27.0. The molecule has 0 spiro atoms. The summed E-state index contributed by atoms with van der Waals surface area (Å²) in [6.45, 7) is 12.1. The van der Waals surface area contributed by atoms with Crippen LogP contribution in [0.25, 0.3) is 0 Å². The molecule has 0 aliphatic carbocycles. The number of anilines is 1. The number of amides is 2. The summed E-state index contributed by atoms with van der Waals surface area (Å²) in [5.74, 6) is 0.848. The monoisotopic (exact) mass is 545 g/mol. The quantitative estimate of drug-likeness (QED) is 0.311. The standard InChI is InChI=1S/C22H35N5O3.HI/c1-5-17(4)20(28)25-19-10-8-9-18(15-19)16-24-21(23-6-2)26-11-13-27(14-12-26)22(29)30-7-3;/h8-10,15,17H,5-7,11-14,16H2,1-4H3,(H,23,24)(H,25,28);1H. The highest BCUT2D eigenvalue weighted by atomic mass is 127. The molecule has 2 amide bonds. The van der Waals surface area contributed by atoms with Crippen molar-refractivity contribution in [2.75, 3.05) is 44.6 Å². The fourth-order valence-corrected chi connectivity index (χ4v) is 3.11. The van der Waals surface area contributed by atoms with Crippen molar-refractivity contribution in [1.29, 1.82) is 0 Å². The van der Waals surface area contributed by atoms with E-state index in [1.54, 1.807) is 4.90 Å². The Kier molecular flexibility index (Phi) is 12.3. The Labute approximate surface area is 202 Å². The average molecular weight is 545 g/mol. The topological polar surface area (TPSA) is 86.3 Å². The van der Waals surface area contributed by atoms with Crippen molar-refractivity contribution in [3.8, 4) is 0 Å². The third-order valence-electron chi connectivity index (χ3n) is 5.11. The summed E-state index contributed by atoms with van der Waals surface area (Å²) in [7, 11) is 0. The summed E-state index contributed by atoms with van der Waals surface area (Å²) >= 11 is 0. The lowest BCUT2D eigenvalue weighted by molar-refractivity contribution is -0.119. The second kappa shape index (κ2) is 14.1. The molecule has 1 aliphatic rings. The lowest BCUT2D eigenvalue weighted by Gasteiger charge is -2.35. The highest BCUT2D eigenvalue weighted by molar-refractivity contribution is 14.0. The number of carbonyl (C=O) groups is 2. The van der Waals surface area contributed by atoms with Crippen molar-refractivity contribution in [3.05, 3.63) is 29.8 Å². The van der Waals surface area contributed by atoms with Crippen LogP contribution < -0.4 is 10.6 Å². The van der Waals surface area contributed by atoms with E-state index in [-0.39, 0.29) is 41.9 Å². The number of nitrogens with one attached hydrogen (secondary N) is 2. The minimum atomic E-state index is -0.254. The second-order valence-corrected chi connectivity index (χ2v) is 7.34. The molecule has 9 heteroatoms. The first-order valence-corrected chi connectivity index (χ1v) is 10.8. The van der Waals surface area contributed by atoms with Gasteiger partial charge in [0.15, 0.2) is 5.96 Å². The van der Waals surface area contributed by atoms with Gasteiger partial charge in [0.1, 0.15) is 0 Å². The van der Waals surface area contributed by atoms with E-state index in [9.17, 15) is 9.59 Å². The predicted molar refractivity (Wildman–Crippen MR) is 135 cm³/mol. The van der Waals surface area contributed by atoms with Crippen molar-refractivity contribution in [2.45, 2.75) is 40.7 Å². The van der Waals surface area contributed by atoms with Gasteiger partial charge in [-0.1, -0.05) is 26.0 Å². The molecule has 2 N–H and O–H groups in total. The molecule has 1 saturated heterocycles. The van der Waals surface area contributed by atoms with Crippen molar-refractivity contribution < 1.29 is 14.3 Å².